The number of aromatic amines is 1. The van der Waals surface area contributed by atoms with Gasteiger partial charge in [-0.1, -0.05) is 26.0 Å². The van der Waals surface area contributed by atoms with Crippen LogP contribution in [0.3, 0.4) is 0 Å². The Kier molecular flexibility index (Phi) is 3.52. The molecule has 1 heterocycles. The minimum Gasteiger partial charge on any atom is -0.376 e. The molecule has 0 amide bonds. The van der Waals surface area contributed by atoms with Crippen molar-refractivity contribution in [1.82, 2.24) is 14.8 Å². The van der Waals surface area contributed by atoms with Gasteiger partial charge in [0.05, 0.1) is 11.4 Å². The van der Waals surface area contributed by atoms with Crippen LogP contribution >= 0.6 is 12.2 Å². The number of rotatable bonds is 3. The molecule has 2 aromatic rings. The van der Waals surface area contributed by atoms with Gasteiger partial charge < -0.3 is 4.90 Å². The van der Waals surface area contributed by atoms with Gasteiger partial charge in [0.2, 0.25) is 0 Å². The van der Waals surface area contributed by atoms with Crippen molar-refractivity contribution in [3.05, 3.63) is 34.9 Å². The summed E-state index contributed by atoms with van der Waals surface area (Å²) in [6, 6.07) is 8.18. The molecule has 0 bridgehead atoms. The zero-order chi connectivity index (χ0) is 13.3. The monoisotopic (exact) mass is 262 g/mol. The second-order valence-corrected chi connectivity index (χ2v) is 5.15. The second kappa shape index (κ2) is 4.94. The fourth-order valence-electron chi connectivity index (χ4n) is 1.96. The van der Waals surface area contributed by atoms with Gasteiger partial charge >= 0.3 is 0 Å². The number of hydrogen-bond acceptors (Lipinski definition) is 3. The smallest absolute Gasteiger partial charge is 0.199 e. The Labute approximate surface area is 112 Å². The van der Waals surface area contributed by atoms with Crippen molar-refractivity contribution in [3.63, 3.8) is 0 Å². The van der Waals surface area contributed by atoms with Crippen molar-refractivity contribution in [3.8, 4) is 5.69 Å². The Hall–Kier alpha value is -1.62. The maximum absolute atomic E-state index is 5.35. The molecule has 0 saturated carbocycles. The van der Waals surface area contributed by atoms with Crippen molar-refractivity contribution < 1.29 is 0 Å². The molecule has 4 nitrogen and oxygen atoms in total. The van der Waals surface area contributed by atoms with Crippen LogP contribution in [-0.2, 0) is 0 Å². The van der Waals surface area contributed by atoms with E-state index < -0.39 is 0 Å². The lowest BCUT2D eigenvalue weighted by atomic mass is 10.2. The molecule has 5 heteroatoms. The molecule has 0 fully saturated rings. The molecule has 1 N–H and O–H groups in total. The lowest BCUT2D eigenvalue weighted by Crippen LogP contribution is -2.13. The van der Waals surface area contributed by atoms with Gasteiger partial charge in [-0.2, -0.15) is 5.10 Å². The molecule has 1 aromatic carbocycles. The highest BCUT2D eigenvalue weighted by Gasteiger charge is 2.14. The van der Waals surface area contributed by atoms with E-state index in [1.54, 1.807) is 0 Å². The average Bonchev–Trinajstić information content (AvgIpc) is 2.71. The molecular formula is C13H18N4S. The number of aromatic nitrogens is 3. The number of H-pyrrole nitrogens is 1. The highest BCUT2D eigenvalue weighted by molar-refractivity contribution is 7.71. The first kappa shape index (κ1) is 12.8. The van der Waals surface area contributed by atoms with E-state index in [1.165, 1.54) is 0 Å². The van der Waals surface area contributed by atoms with Gasteiger partial charge in [0, 0.05) is 20.0 Å². The van der Waals surface area contributed by atoms with Crippen LogP contribution < -0.4 is 4.90 Å². The number of hydrogen-bond donors (Lipinski definition) is 1. The van der Waals surface area contributed by atoms with Gasteiger partial charge in [-0.05, 0) is 24.4 Å². The molecular weight excluding hydrogens is 244 g/mol. The van der Waals surface area contributed by atoms with Gasteiger partial charge in [-0.15, -0.1) is 0 Å². The number of nitrogens with zero attached hydrogens (tertiary/aromatic N) is 3. The quantitative estimate of drug-likeness (QED) is 0.863. The molecule has 0 aliphatic rings. The molecule has 2 rings (SSSR count). The Bertz CT molecular complexity index is 595. The molecule has 0 unspecified atom stereocenters. The van der Waals surface area contributed by atoms with E-state index in [9.17, 15) is 0 Å². The minimum atomic E-state index is 0.313. The van der Waals surface area contributed by atoms with E-state index >= 15 is 0 Å². The molecule has 0 spiro atoms. The topological polar surface area (TPSA) is 36.9 Å². The lowest BCUT2D eigenvalue weighted by molar-refractivity contribution is 0.743. The van der Waals surface area contributed by atoms with Crippen molar-refractivity contribution >= 4 is 17.9 Å². The summed E-state index contributed by atoms with van der Waals surface area (Å²) in [4.78, 5) is 2.08. The van der Waals surface area contributed by atoms with Crippen LogP contribution in [0.25, 0.3) is 5.69 Å². The number of nitrogens with one attached hydrogen (secondary N) is 1. The predicted molar refractivity (Wildman–Crippen MR) is 77.2 cm³/mol. The first-order valence-electron chi connectivity index (χ1n) is 5.96. The van der Waals surface area contributed by atoms with Crippen LogP contribution in [0.5, 0.6) is 0 Å². The summed E-state index contributed by atoms with van der Waals surface area (Å²) in [6.07, 6.45) is 0. The van der Waals surface area contributed by atoms with Gasteiger partial charge in [0.25, 0.3) is 0 Å². The van der Waals surface area contributed by atoms with Crippen molar-refractivity contribution in [2.75, 3.05) is 19.0 Å². The van der Waals surface area contributed by atoms with Crippen molar-refractivity contribution in [1.29, 1.82) is 0 Å². The third-order valence-electron chi connectivity index (χ3n) is 2.82. The van der Waals surface area contributed by atoms with E-state index in [2.05, 4.69) is 41.1 Å². The largest absolute Gasteiger partial charge is 0.376 e. The summed E-state index contributed by atoms with van der Waals surface area (Å²) in [6.45, 7) is 4.22. The van der Waals surface area contributed by atoms with Crippen LogP contribution in [0.1, 0.15) is 25.6 Å². The van der Waals surface area contributed by atoms with E-state index in [-0.39, 0.29) is 0 Å². The minimum absolute atomic E-state index is 0.313. The summed E-state index contributed by atoms with van der Waals surface area (Å²) in [5, 5.41) is 7.20. The summed E-state index contributed by atoms with van der Waals surface area (Å²) in [7, 11) is 4.05. The van der Waals surface area contributed by atoms with Crippen molar-refractivity contribution in [2.45, 2.75) is 19.8 Å². The summed E-state index contributed by atoms with van der Waals surface area (Å²) < 4.78 is 2.64. The van der Waals surface area contributed by atoms with Gasteiger partial charge in [0.1, 0.15) is 5.82 Å². The maximum atomic E-state index is 5.35. The maximum Gasteiger partial charge on any atom is 0.199 e. The predicted octanol–water partition coefficient (Wildman–Crippen LogP) is 3.12. The second-order valence-electron chi connectivity index (χ2n) is 4.76. The number of benzene rings is 1. The van der Waals surface area contributed by atoms with Crippen LogP contribution in [0.2, 0.25) is 0 Å². The third-order valence-corrected chi connectivity index (χ3v) is 3.09. The van der Waals surface area contributed by atoms with E-state index in [4.69, 9.17) is 12.2 Å². The standard InChI is InChI=1S/C13H18N4S/c1-9(2)12-14-15-13(18)17(12)11-8-6-5-7-10(11)16(3)4/h5-9H,1-4H3,(H,15,18). The van der Waals surface area contributed by atoms with Crippen LogP contribution in [0.4, 0.5) is 5.69 Å². The Morgan fingerprint density at radius 1 is 1.28 bits per heavy atom. The SMILES string of the molecule is CC(C)c1n[nH]c(=S)n1-c1ccccc1N(C)C. The van der Waals surface area contributed by atoms with Gasteiger partial charge in [-0.25, -0.2) is 0 Å². The van der Waals surface area contributed by atoms with Gasteiger partial charge in [-0.3, -0.25) is 9.67 Å². The summed E-state index contributed by atoms with van der Waals surface area (Å²) >= 11 is 5.35. The fraction of sp³-hybridized carbons (Fsp3) is 0.385. The van der Waals surface area contributed by atoms with Crippen LogP contribution in [-0.4, -0.2) is 28.9 Å². The van der Waals surface area contributed by atoms with Crippen LogP contribution in [0, 0.1) is 4.77 Å². The molecule has 0 atom stereocenters. The van der Waals surface area contributed by atoms with E-state index in [1.807, 2.05) is 30.8 Å². The molecule has 0 aliphatic heterocycles. The first-order chi connectivity index (χ1) is 8.52. The molecule has 96 valence electrons. The third kappa shape index (κ3) is 2.18. The molecule has 1 aromatic heterocycles. The zero-order valence-electron chi connectivity index (χ0n) is 11.1. The normalized spacial score (nSPS) is 10.9. The lowest BCUT2D eigenvalue weighted by Gasteiger charge is -2.19. The molecule has 0 aliphatic carbocycles. The number of anilines is 1. The summed E-state index contributed by atoms with van der Waals surface area (Å²) in [5.41, 5.74) is 2.18. The first-order valence-corrected chi connectivity index (χ1v) is 6.37. The Balaban J connectivity index is 2.69. The highest BCUT2D eigenvalue weighted by Crippen LogP contribution is 2.25. The molecule has 18 heavy (non-hydrogen) atoms. The number of para-hydroxylation sites is 2. The van der Waals surface area contributed by atoms with Gasteiger partial charge in [0.15, 0.2) is 4.77 Å². The van der Waals surface area contributed by atoms with E-state index in [0.29, 0.717) is 10.7 Å². The Morgan fingerprint density at radius 2 is 1.94 bits per heavy atom. The van der Waals surface area contributed by atoms with Crippen molar-refractivity contribution in [2.24, 2.45) is 0 Å². The zero-order valence-corrected chi connectivity index (χ0v) is 12.0. The summed E-state index contributed by atoms with van der Waals surface area (Å²) in [5.74, 6) is 1.27. The average molecular weight is 262 g/mol. The Morgan fingerprint density at radius 3 is 2.56 bits per heavy atom. The highest BCUT2D eigenvalue weighted by atomic mass is 32.1. The molecule has 0 radical (unpaired) electrons. The van der Waals surface area contributed by atoms with E-state index in [0.717, 1.165) is 17.2 Å². The molecule has 0 saturated heterocycles. The fourth-order valence-corrected chi connectivity index (χ4v) is 2.20. The van der Waals surface area contributed by atoms with Crippen LogP contribution in [0.15, 0.2) is 24.3 Å².